The third-order valence-electron chi connectivity index (χ3n) is 4.60. The van der Waals surface area contributed by atoms with Crippen molar-refractivity contribution in [3.8, 4) is 0 Å². The van der Waals surface area contributed by atoms with Crippen LogP contribution in [-0.2, 0) is 0 Å². The van der Waals surface area contributed by atoms with Crippen LogP contribution in [0.4, 0.5) is 0 Å². The number of aliphatic hydroxyl groups is 1. The minimum Gasteiger partial charge on any atom is -0.387 e. The Labute approximate surface area is 147 Å². The van der Waals surface area contributed by atoms with Crippen LogP contribution in [-0.4, -0.2) is 31.3 Å². The number of hydrogen-bond donors (Lipinski definition) is 3. The quantitative estimate of drug-likeness (QED) is 0.757. The number of rotatable bonds is 6. The summed E-state index contributed by atoms with van der Waals surface area (Å²) in [6.45, 7) is 6.41. The molecule has 2 rings (SSSR count). The zero-order valence-corrected chi connectivity index (χ0v) is 15.5. The lowest BCUT2D eigenvalue weighted by molar-refractivity contribution is 0.140. The highest BCUT2D eigenvalue weighted by molar-refractivity contribution is 5.20. The minimum absolute atomic E-state index is 0.0902. The molecule has 4 atom stereocenters. The van der Waals surface area contributed by atoms with E-state index in [-0.39, 0.29) is 6.04 Å². The first-order valence-electron chi connectivity index (χ1n) is 8.63. The van der Waals surface area contributed by atoms with E-state index in [2.05, 4.69) is 54.8 Å². The van der Waals surface area contributed by atoms with Crippen LogP contribution in [0.25, 0.3) is 0 Å². The lowest BCUT2D eigenvalue weighted by Gasteiger charge is -2.19. The van der Waals surface area contributed by atoms with Crippen LogP contribution in [0.3, 0.4) is 0 Å². The molecule has 3 heteroatoms. The van der Waals surface area contributed by atoms with Crippen LogP contribution in [0.2, 0.25) is 0 Å². The Balaban J connectivity index is 0.000000240. The number of aliphatic hydroxyl groups excluding tert-OH is 1. The van der Waals surface area contributed by atoms with E-state index in [4.69, 9.17) is 0 Å². The molecule has 0 aliphatic heterocycles. The molecule has 0 aromatic heterocycles. The Hall–Kier alpha value is -1.68. The standard InChI is InChI=1S/C11H17N.C10H15NO/c1-9(10(2)12-3)11-7-5-4-6-8-11;1-8(11-2)10(12)9-6-4-3-5-7-9/h4-10,12H,1-3H3;3-8,10-12H,1-2H3/t9-,10-;8-,10-/m10/s1. The number of hydrogen-bond acceptors (Lipinski definition) is 3. The second kappa shape index (κ2) is 11.0. The molecule has 3 nitrogen and oxygen atoms in total. The van der Waals surface area contributed by atoms with Gasteiger partial charge in [-0.2, -0.15) is 0 Å². The summed E-state index contributed by atoms with van der Waals surface area (Å²) >= 11 is 0. The molecule has 2 aromatic rings. The van der Waals surface area contributed by atoms with Gasteiger partial charge in [-0.05, 0) is 45.0 Å². The second-order valence-corrected chi connectivity index (χ2v) is 6.21. The highest BCUT2D eigenvalue weighted by Crippen LogP contribution is 2.17. The first-order valence-corrected chi connectivity index (χ1v) is 8.63. The summed E-state index contributed by atoms with van der Waals surface area (Å²) in [7, 11) is 3.85. The first-order chi connectivity index (χ1) is 11.5. The predicted molar refractivity (Wildman–Crippen MR) is 103 cm³/mol. The zero-order valence-electron chi connectivity index (χ0n) is 15.5. The zero-order chi connectivity index (χ0) is 17.9. The summed E-state index contributed by atoms with van der Waals surface area (Å²) < 4.78 is 0. The van der Waals surface area contributed by atoms with Crippen LogP contribution >= 0.6 is 0 Å². The van der Waals surface area contributed by atoms with Crippen molar-refractivity contribution in [3.05, 3.63) is 71.8 Å². The molecule has 2 aromatic carbocycles. The fraction of sp³-hybridized carbons (Fsp3) is 0.429. The van der Waals surface area contributed by atoms with Crippen molar-refractivity contribution in [1.29, 1.82) is 0 Å². The number of nitrogens with one attached hydrogen (secondary N) is 2. The van der Waals surface area contributed by atoms with Crippen molar-refractivity contribution in [1.82, 2.24) is 10.6 Å². The molecule has 0 spiro atoms. The average Bonchev–Trinajstić information content (AvgIpc) is 2.67. The molecule has 0 radical (unpaired) electrons. The third kappa shape index (κ3) is 6.44. The molecule has 132 valence electrons. The van der Waals surface area contributed by atoms with Crippen molar-refractivity contribution >= 4 is 0 Å². The van der Waals surface area contributed by atoms with Gasteiger partial charge in [0, 0.05) is 12.1 Å². The molecule has 0 bridgehead atoms. The molecule has 0 heterocycles. The Bertz CT molecular complexity index is 493. The Morgan fingerprint density at radius 2 is 1.08 bits per heavy atom. The van der Waals surface area contributed by atoms with Gasteiger partial charge >= 0.3 is 0 Å². The van der Waals surface area contributed by atoms with Crippen molar-refractivity contribution in [2.24, 2.45) is 0 Å². The maximum atomic E-state index is 9.73. The third-order valence-corrected chi connectivity index (χ3v) is 4.60. The molecule has 0 fully saturated rings. The van der Waals surface area contributed by atoms with Gasteiger partial charge in [-0.25, -0.2) is 0 Å². The number of likely N-dealkylation sites (N-methyl/N-ethyl adjacent to an activating group) is 2. The summed E-state index contributed by atoms with van der Waals surface area (Å²) in [4.78, 5) is 0. The summed E-state index contributed by atoms with van der Waals surface area (Å²) in [5, 5.41) is 16.0. The monoisotopic (exact) mass is 328 g/mol. The molecular formula is C21H32N2O. The molecule has 0 amide bonds. The molecule has 0 unspecified atom stereocenters. The Morgan fingerprint density at radius 1 is 0.667 bits per heavy atom. The Morgan fingerprint density at radius 3 is 1.50 bits per heavy atom. The van der Waals surface area contributed by atoms with Crippen molar-refractivity contribution in [2.75, 3.05) is 14.1 Å². The van der Waals surface area contributed by atoms with Gasteiger partial charge in [0.2, 0.25) is 0 Å². The molecule has 24 heavy (non-hydrogen) atoms. The van der Waals surface area contributed by atoms with E-state index in [0.717, 1.165) is 5.56 Å². The van der Waals surface area contributed by atoms with Crippen molar-refractivity contribution in [3.63, 3.8) is 0 Å². The average molecular weight is 329 g/mol. The second-order valence-electron chi connectivity index (χ2n) is 6.21. The van der Waals surface area contributed by atoms with Crippen LogP contribution < -0.4 is 10.6 Å². The van der Waals surface area contributed by atoms with E-state index in [1.54, 1.807) is 0 Å². The van der Waals surface area contributed by atoms with Gasteiger partial charge in [0.15, 0.2) is 0 Å². The van der Waals surface area contributed by atoms with E-state index in [1.807, 2.05) is 51.4 Å². The maximum absolute atomic E-state index is 9.73. The van der Waals surface area contributed by atoms with Crippen LogP contribution in [0.5, 0.6) is 0 Å². The van der Waals surface area contributed by atoms with E-state index in [0.29, 0.717) is 12.0 Å². The van der Waals surface area contributed by atoms with E-state index in [9.17, 15) is 5.11 Å². The van der Waals surface area contributed by atoms with Crippen LogP contribution in [0.1, 0.15) is 43.9 Å². The summed E-state index contributed by atoms with van der Waals surface area (Å²) in [5.41, 5.74) is 2.36. The largest absolute Gasteiger partial charge is 0.387 e. The molecule has 0 saturated heterocycles. The smallest absolute Gasteiger partial charge is 0.0940 e. The van der Waals surface area contributed by atoms with Crippen LogP contribution in [0, 0.1) is 0 Å². The van der Waals surface area contributed by atoms with Gasteiger partial charge in [-0.3, -0.25) is 0 Å². The summed E-state index contributed by atoms with van der Waals surface area (Å²) in [5.74, 6) is 0.580. The fourth-order valence-electron chi connectivity index (χ4n) is 2.39. The lowest BCUT2D eigenvalue weighted by atomic mass is 9.95. The van der Waals surface area contributed by atoms with Crippen molar-refractivity contribution in [2.45, 2.75) is 44.9 Å². The number of benzene rings is 2. The summed E-state index contributed by atoms with van der Waals surface area (Å²) in [6.07, 6.45) is -0.420. The van der Waals surface area contributed by atoms with E-state index >= 15 is 0 Å². The fourth-order valence-corrected chi connectivity index (χ4v) is 2.39. The first kappa shape index (κ1) is 20.4. The maximum Gasteiger partial charge on any atom is 0.0940 e. The predicted octanol–water partition coefficient (Wildman–Crippen LogP) is 3.73. The van der Waals surface area contributed by atoms with E-state index in [1.165, 1.54) is 5.56 Å². The molecule has 0 aliphatic rings. The van der Waals surface area contributed by atoms with Gasteiger partial charge in [-0.15, -0.1) is 0 Å². The van der Waals surface area contributed by atoms with Gasteiger partial charge in [0.1, 0.15) is 0 Å². The van der Waals surface area contributed by atoms with Gasteiger partial charge in [0.05, 0.1) is 6.10 Å². The molecule has 0 saturated carbocycles. The topological polar surface area (TPSA) is 44.3 Å². The molecule has 3 N–H and O–H groups in total. The van der Waals surface area contributed by atoms with Crippen LogP contribution in [0.15, 0.2) is 60.7 Å². The highest BCUT2D eigenvalue weighted by Gasteiger charge is 2.13. The van der Waals surface area contributed by atoms with Gasteiger partial charge in [0.25, 0.3) is 0 Å². The minimum atomic E-state index is -0.420. The highest BCUT2D eigenvalue weighted by atomic mass is 16.3. The SMILES string of the molecule is CN[C@@H](C)[C@H](O)c1ccccc1.CN[C@H](C)[C@@H](C)c1ccccc1. The van der Waals surface area contributed by atoms with Gasteiger partial charge in [-0.1, -0.05) is 67.6 Å². The molecule has 0 aliphatic carbocycles. The Kier molecular flexibility index (Phi) is 9.31. The van der Waals surface area contributed by atoms with Gasteiger partial charge < -0.3 is 15.7 Å². The van der Waals surface area contributed by atoms with Crippen molar-refractivity contribution < 1.29 is 5.11 Å². The normalized spacial score (nSPS) is 15.6. The molecular weight excluding hydrogens is 296 g/mol. The summed E-state index contributed by atoms with van der Waals surface area (Å²) in [6, 6.07) is 20.9. The van der Waals surface area contributed by atoms with E-state index < -0.39 is 6.10 Å². The lowest BCUT2D eigenvalue weighted by Crippen LogP contribution is -2.28.